The highest BCUT2D eigenvalue weighted by atomic mass is 16.5. The van der Waals surface area contributed by atoms with Gasteiger partial charge in [-0.25, -0.2) is 0 Å². The van der Waals surface area contributed by atoms with Crippen molar-refractivity contribution in [3.8, 4) is 11.5 Å². The first-order valence-corrected chi connectivity index (χ1v) is 7.38. The Balaban J connectivity index is 1.53. The van der Waals surface area contributed by atoms with Gasteiger partial charge in [0.05, 0.1) is 7.11 Å². The predicted molar refractivity (Wildman–Crippen MR) is 84.0 cm³/mol. The van der Waals surface area contributed by atoms with Gasteiger partial charge in [0, 0.05) is 19.0 Å². The molecule has 0 spiro atoms. The Morgan fingerprint density at radius 2 is 1.95 bits per heavy atom. The second-order valence-corrected chi connectivity index (χ2v) is 5.45. The quantitative estimate of drug-likeness (QED) is 0.913. The summed E-state index contributed by atoms with van der Waals surface area (Å²) in [4.78, 5) is 0. The van der Waals surface area contributed by atoms with Gasteiger partial charge >= 0.3 is 0 Å². The standard InChI is InChI=1S/C18H21NO2/c1-13(14-7-9-16(20-2)10-8-14)19-12-17-11-15-5-3-4-6-18(15)21-17/h3-10,13,17,19H,11-12H2,1-2H3. The molecule has 2 aromatic carbocycles. The number of rotatable bonds is 5. The van der Waals surface area contributed by atoms with Crippen molar-refractivity contribution in [2.24, 2.45) is 0 Å². The van der Waals surface area contributed by atoms with Crippen molar-refractivity contribution in [3.63, 3.8) is 0 Å². The molecule has 2 atom stereocenters. The van der Waals surface area contributed by atoms with E-state index in [-0.39, 0.29) is 6.10 Å². The Morgan fingerprint density at radius 1 is 1.19 bits per heavy atom. The number of nitrogens with one attached hydrogen (secondary N) is 1. The first-order chi connectivity index (χ1) is 10.3. The second kappa shape index (κ2) is 6.19. The summed E-state index contributed by atoms with van der Waals surface area (Å²) in [5.74, 6) is 1.92. The van der Waals surface area contributed by atoms with E-state index in [1.54, 1.807) is 7.11 Å². The smallest absolute Gasteiger partial charge is 0.123 e. The van der Waals surface area contributed by atoms with Crippen molar-refractivity contribution < 1.29 is 9.47 Å². The van der Waals surface area contributed by atoms with Crippen LogP contribution in [0.5, 0.6) is 11.5 Å². The van der Waals surface area contributed by atoms with Gasteiger partial charge in [0.25, 0.3) is 0 Å². The number of fused-ring (bicyclic) bond motifs is 1. The van der Waals surface area contributed by atoms with E-state index >= 15 is 0 Å². The van der Waals surface area contributed by atoms with E-state index in [1.807, 2.05) is 24.3 Å². The van der Waals surface area contributed by atoms with E-state index in [2.05, 4.69) is 36.5 Å². The molecule has 1 heterocycles. The molecule has 2 aromatic rings. The lowest BCUT2D eigenvalue weighted by molar-refractivity contribution is 0.222. The van der Waals surface area contributed by atoms with Crippen molar-refractivity contribution in [2.45, 2.75) is 25.5 Å². The minimum absolute atomic E-state index is 0.225. The van der Waals surface area contributed by atoms with Gasteiger partial charge in [0.1, 0.15) is 17.6 Å². The van der Waals surface area contributed by atoms with Gasteiger partial charge in [-0.2, -0.15) is 0 Å². The lowest BCUT2D eigenvalue weighted by Gasteiger charge is -2.18. The fourth-order valence-corrected chi connectivity index (χ4v) is 2.69. The molecule has 3 heteroatoms. The van der Waals surface area contributed by atoms with Crippen LogP contribution in [0.25, 0.3) is 0 Å². The van der Waals surface area contributed by atoms with Crippen LogP contribution in [-0.4, -0.2) is 19.8 Å². The summed E-state index contributed by atoms with van der Waals surface area (Å²) in [6, 6.07) is 16.8. The Labute approximate surface area is 125 Å². The maximum atomic E-state index is 5.95. The fraction of sp³-hybridized carbons (Fsp3) is 0.333. The van der Waals surface area contributed by atoms with Crippen LogP contribution in [0.1, 0.15) is 24.1 Å². The molecule has 0 aliphatic carbocycles. The minimum atomic E-state index is 0.225. The Bertz CT molecular complexity index is 569. The molecule has 0 saturated carbocycles. The number of hydrogen-bond acceptors (Lipinski definition) is 3. The second-order valence-electron chi connectivity index (χ2n) is 5.45. The summed E-state index contributed by atoms with van der Waals surface area (Å²) in [6.45, 7) is 3.02. The molecule has 3 rings (SSSR count). The lowest BCUT2D eigenvalue weighted by Crippen LogP contribution is -2.31. The zero-order chi connectivity index (χ0) is 14.7. The minimum Gasteiger partial charge on any atom is -0.497 e. The van der Waals surface area contributed by atoms with Crippen LogP contribution < -0.4 is 14.8 Å². The van der Waals surface area contributed by atoms with Gasteiger partial charge in [-0.1, -0.05) is 30.3 Å². The Hall–Kier alpha value is -2.00. The highest BCUT2D eigenvalue weighted by Gasteiger charge is 2.22. The van der Waals surface area contributed by atoms with Crippen LogP contribution in [0.3, 0.4) is 0 Å². The van der Waals surface area contributed by atoms with E-state index in [1.165, 1.54) is 11.1 Å². The molecule has 110 valence electrons. The summed E-state index contributed by atoms with van der Waals surface area (Å²) >= 11 is 0. The van der Waals surface area contributed by atoms with Crippen molar-refractivity contribution in [2.75, 3.05) is 13.7 Å². The van der Waals surface area contributed by atoms with Crippen molar-refractivity contribution in [1.29, 1.82) is 0 Å². The molecule has 0 bridgehead atoms. The topological polar surface area (TPSA) is 30.5 Å². The van der Waals surface area contributed by atoms with Gasteiger partial charge < -0.3 is 14.8 Å². The lowest BCUT2D eigenvalue weighted by atomic mass is 10.1. The van der Waals surface area contributed by atoms with Crippen LogP contribution in [0, 0.1) is 0 Å². The predicted octanol–water partition coefficient (Wildman–Crippen LogP) is 3.35. The van der Waals surface area contributed by atoms with Gasteiger partial charge in [0.2, 0.25) is 0 Å². The molecule has 0 saturated heterocycles. The molecule has 2 unspecified atom stereocenters. The zero-order valence-corrected chi connectivity index (χ0v) is 12.5. The molecule has 1 aliphatic heterocycles. The zero-order valence-electron chi connectivity index (χ0n) is 12.5. The largest absolute Gasteiger partial charge is 0.497 e. The third kappa shape index (κ3) is 3.19. The number of ether oxygens (including phenoxy) is 2. The molecular weight excluding hydrogens is 262 g/mol. The maximum Gasteiger partial charge on any atom is 0.123 e. The van der Waals surface area contributed by atoms with Crippen LogP contribution in [0.15, 0.2) is 48.5 Å². The molecule has 21 heavy (non-hydrogen) atoms. The first kappa shape index (κ1) is 14.0. The third-order valence-electron chi connectivity index (χ3n) is 3.98. The molecule has 0 amide bonds. The Kier molecular flexibility index (Phi) is 4.11. The van der Waals surface area contributed by atoms with Crippen LogP contribution in [0.2, 0.25) is 0 Å². The maximum absolute atomic E-state index is 5.95. The number of benzene rings is 2. The summed E-state index contributed by atoms with van der Waals surface area (Å²) in [5.41, 5.74) is 2.56. The van der Waals surface area contributed by atoms with Crippen molar-refractivity contribution >= 4 is 0 Å². The molecular formula is C18H21NO2. The van der Waals surface area contributed by atoms with Gasteiger partial charge in [0.15, 0.2) is 0 Å². The molecule has 3 nitrogen and oxygen atoms in total. The molecule has 1 N–H and O–H groups in total. The normalized spacial score (nSPS) is 17.9. The van der Waals surface area contributed by atoms with Crippen molar-refractivity contribution in [3.05, 3.63) is 59.7 Å². The molecule has 0 aromatic heterocycles. The van der Waals surface area contributed by atoms with Crippen LogP contribution in [0.4, 0.5) is 0 Å². The summed E-state index contributed by atoms with van der Waals surface area (Å²) in [6.07, 6.45) is 1.21. The SMILES string of the molecule is COc1ccc(C(C)NCC2Cc3ccccc3O2)cc1. The molecule has 0 radical (unpaired) electrons. The number of methoxy groups -OCH3 is 1. The Morgan fingerprint density at radius 3 is 2.67 bits per heavy atom. The average Bonchev–Trinajstić information content (AvgIpc) is 2.95. The molecule has 0 fully saturated rings. The third-order valence-corrected chi connectivity index (χ3v) is 3.98. The summed E-state index contributed by atoms with van der Waals surface area (Å²) in [5, 5.41) is 3.55. The average molecular weight is 283 g/mol. The van der Waals surface area contributed by atoms with Crippen molar-refractivity contribution in [1.82, 2.24) is 5.32 Å². The summed E-state index contributed by atoms with van der Waals surface area (Å²) in [7, 11) is 1.69. The highest BCUT2D eigenvalue weighted by molar-refractivity contribution is 5.37. The number of para-hydroxylation sites is 1. The monoisotopic (exact) mass is 283 g/mol. The van der Waals surface area contributed by atoms with Crippen LogP contribution >= 0.6 is 0 Å². The molecule has 1 aliphatic rings. The van der Waals surface area contributed by atoms with Crippen LogP contribution in [-0.2, 0) is 6.42 Å². The highest BCUT2D eigenvalue weighted by Crippen LogP contribution is 2.28. The van der Waals surface area contributed by atoms with E-state index in [9.17, 15) is 0 Å². The fourth-order valence-electron chi connectivity index (χ4n) is 2.69. The number of hydrogen-bond donors (Lipinski definition) is 1. The summed E-state index contributed by atoms with van der Waals surface area (Å²) < 4.78 is 11.1. The van der Waals surface area contributed by atoms with Gasteiger partial charge in [-0.15, -0.1) is 0 Å². The van der Waals surface area contributed by atoms with E-state index in [4.69, 9.17) is 9.47 Å². The van der Waals surface area contributed by atoms with E-state index in [0.29, 0.717) is 6.04 Å². The van der Waals surface area contributed by atoms with Gasteiger partial charge in [-0.3, -0.25) is 0 Å². The van der Waals surface area contributed by atoms with E-state index < -0.39 is 0 Å². The van der Waals surface area contributed by atoms with E-state index in [0.717, 1.165) is 24.5 Å². The van der Waals surface area contributed by atoms with Gasteiger partial charge in [-0.05, 0) is 36.2 Å². The first-order valence-electron chi connectivity index (χ1n) is 7.38.